The Bertz CT molecular complexity index is 605. The van der Waals surface area contributed by atoms with E-state index in [2.05, 4.69) is 39.6 Å². The molecule has 0 spiro atoms. The first-order valence-corrected chi connectivity index (χ1v) is 7.67. The molecule has 1 aliphatic rings. The van der Waals surface area contributed by atoms with Gasteiger partial charge in [-0.15, -0.1) is 0 Å². The lowest BCUT2D eigenvalue weighted by Crippen LogP contribution is -2.38. The second kappa shape index (κ2) is 6.32. The van der Waals surface area contributed by atoms with Crippen LogP contribution >= 0.6 is 0 Å². The molecule has 116 valence electrons. The fourth-order valence-electron chi connectivity index (χ4n) is 2.77. The Morgan fingerprint density at radius 2 is 2.14 bits per heavy atom. The third kappa shape index (κ3) is 3.54. The molecule has 5 heteroatoms. The molecule has 0 radical (unpaired) electrons. The maximum Gasteiger partial charge on any atom is 0.234 e. The van der Waals surface area contributed by atoms with E-state index in [1.807, 2.05) is 18.0 Å². The normalized spacial score (nSPS) is 15.7. The van der Waals surface area contributed by atoms with Crippen LogP contribution in [0.5, 0.6) is 0 Å². The fourth-order valence-corrected chi connectivity index (χ4v) is 2.77. The lowest BCUT2D eigenvalue weighted by atomic mass is 9.96. The minimum Gasteiger partial charge on any atom is -0.354 e. The van der Waals surface area contributed by atoms with Gasteiger partial charge < -0.3 is 10.3 Å². The fraction of sp³-hybridized carbons (Fsp3) is 0.412. The molecular weight excluding hydrogens is 276 g/mol. The highest BCUT2D eigenvalue weighted by Gasteiger charge is 2.44. The molecule has 1 heterocycles. The highest BCUT2D eigenvalue weighted by atomic mass is 16.2. The van der Waals surface area contributed by atoms with Gasteiger partial charge in [-0.3, -0.25) is 9.69 Å². The number of H-pyrrole nitrogens is 1. The maximum absolute atomic E-state index is 12.1. The molecule has 1 saturated carbocycles. The number of carbonyl (C=O) groups is 1. The van der Waals surface area contributed by atoms with Gasteiger partial charge in [-0.05, 0) is 25.5 Å². The maximum atomic E-state index is 12.1. The summed E-state index contributed by atoms with van der Waals surface area (Å²) < 4.78 is 0. The number of nitrogens with one attached hydrogen (secondary N) is 2. The van der Waals surface area contributed by atoms with Crippen LogP contribution in [0.3, 0.4) is 0 Å². The number of hydrogen-bond donors (Lipinski definition) is 2. The van der Waals surface area contributed by atoms with Crippen molar-refractivity contribution in [1.29, 1.82) is 0 Å². The molecule has 22 heavy (non-hydrogen) atoms. The minimum absolute atomic E-state index is 0.0660. The van der Waals surface area contributed by atoms with Crippen LogP contribution in [0, 0.1) is 0 Å². The molecule has 2 N–H and O–H groups in total. The molecule has 0 aliphatic heterocycles. The van der Waals surface area contributed by atoms with Gasteiger partial charge in [0.05, 0.1) is 13.1 Å². The first-order chi connectivity index (χ1) is 10.7. The second-order valence-corrected chi connectivity index (χ2v) is 6.13. The van der Waals surface area contributed by atoms with E-state index < -0.39 is 0 Å². The minimum atomic E-state index is 0.0660. The summed E-state index contributed by atoms with van der Waals surface area (Å²) in [4.78, 5) is 21.3. The molecule has 1 aromatic heterocycles. The quantitative estimate of drug-likeness (QED) is 0.818. The van der Waals surface area contributed by atoms with E-state index in [-0.39, 0.29) is 11.3 Å². The average molecular weight is 298 g/mol. The summed E-state index contributed by atoms with van der Waals surface area (Å²) in [5.74, 6) is 0.939. The Labute approximate surface area is 130 Å². The van der Waals surface area contributed by atoms with E-state index in [1.54, 1.807) is 12.4 Å². The molecule has 0 unspecified atom stereocenters. The van der Waals surface area contributed by atoms with Gasteiger partial charge in [0.1, 0.15) is 5.82 Å². The summed E-state index contributed by atoms with van der Waals surface area (Å²) in [6, 6.07) is 10.5. The SMILES string of the molecule is CN(CC(=O)NCC1(c2ccccc2)CC1)Cc1ncc[nH]1. The van der Waals surface area contributed by atoms with Crippen LogP contribution in [0.2, 0.25) is 0 Å². The molecular formula is C17H22N4O. The van der Waals surface area contributed by atoms with Crippen molar-refractivity contribution in [2.75, 3.05) is 20.1 Å². The number of aromatic amines is 1. The summed E-state index contributed by atoms with van der Waals surface area (Å²) in [5, 5.41) is 3.08. The first-order valence-electron chi connectivity index (χ1n) is 7.67. The van der Waals surface area contributed by atoms with Crippen LogP contribution in [0.15, 0.2) is 42.7 Å². The van der Waals surface area contributed by atoms with Gasteiger partial charge in [-0.25, -0.2) is 4.98 Å². The van der Waals surface area contributed by atoms with Crippen LogP contribution in [-0.2, 0) is 16.8 Å². The van der Waals surface area contributed by atoms with E-state index in [1.165, 1.54) is 5.56 Å². The summed E-state index contributed by atoms with van der Waals surface area (Å²) >= 11 is 0. The van der Waals surface area contributed by atoms with Gasteiger partial charge in [0.2, 0.25) is 5.91 Å². The highest BCUT2D eigenvalue weighted by Crippen LogP contribution is 2.47. The van der Waals surface area contributed by atoms with Crippen LogP contribution in [-0.4, -0.2) is 40.9 Å². The Kier molecular flexibility index (Phi) is 4.24. The number of hydrogen-bond acceptors (Lipinski definition) is 3. The van der Waals surface area contributed by atoms with Crippen LogP contribution in [0.4, 0.5) is 0 Å². The highest BCUT2D eigenvalue weighted by molar-refractivity contribution is 5.78. The van der Waals surface area contributed by atoms with E-state index in [0.717, 1.165) is 25.2 Å². The average Bonchev–Trinajstić information content (AvgIpc) is 3.16. The first kappa shape index (κ1) is 14.8. The van der Waals surface area contributed by atoms with Gasteiger partial charge in [0.25, 0.3) is 0 Å². The summed E-state index contributed by atoms with van der Waals surface area (Å²) in [6.45, 7) is 1.75. The number of rotatable bonds is 7. The van der Waals surface area contributed by atoms with E-state index in [0.29, 0.717) is 13.1 Å². The predicted molar refractivity (Wildman–Crippen MR) is 85.3 cm³/mol. The predicted octanol–water partition coefficient (Wildman–Crippen LogP) is 1.69. The smallest absolute Gasteiger partial charge is 0.234 e. The van der Waals surface area contributed by atoms with Crippen LogP contribution in [0.25, 0.3) is 0 Å². The Balaban J connectivity index is 1.46. The van der Waals surface area contributed by atoms with Crippen molar-refractivity contribution in [2.24, 2.45) is 0 Å². The topological polar surface area (TPSA) is 61.0 Å². The number of amides is 1. The molecule has 1 aromatic carbocycles. The molecule has 0 saturated heterocycles. The van der Waals surface area contributed by atoms with E-state index >= 15 is 0 Å². The van der Waals surface area contributed by atoms with E-state index in [4.69, 9.17) is 0 Å². The third-order valence-corrected chi connectivity index (χ3v) is 4.25. The van der Waals surface area contributed by atoms with Gasteiger partial charge >= 0.3 is 0 Å². The number of nitrogens with zero attached hydrogens (tertiary/aromatic N) is 2. The summed E-state index contributed by atoms with van der Waals surface area (Å²) in [6.07, 6.45) is 5.82. The zero-order chi connectivity index (χ0) is 15.4. The van der Waals surface area contributed by atoms with Crippen molar-refractivity contribution >= 4 is 5.91 Å². The van der Waals surface area contributed by atoms with Crippen molar-refractivity contribution in [1.82, 2.24) is 20.2 Å². The summed E-state index contributed by atoms with van der Waals surface area (Å²) in [7, 11) is 1.92. The Morgan fingerprint density at radius 3 is 2.77 bits per heavy atom. The molecule has 5 nitrogen and oxygen atoms in total. The zero-order valence-corrected chi connectivity index (χ0v) is 12.9. The Hall–Kier alpha value is -2.14. The van der Waals surface area contributed by atoms with Crippen LogP contribution in [0.1, 0.15) is 24.2 Å². The largest absolute Gasteiger partial charge is 0.354 e. The van der Waals surface area contributed by atoms with Crippen molar-refractivity contribution in [3.05, 3.63) is 54.1 Å². The number of benzene rings is 1. The number of imidazole rings is 1. The number of likely N-dealkylation sites (N-methyl/N-ethyl adjacent to an activating group) is 1. The molecule has 0 atom stereocenters. The molecule has 1 fully saturated rings. The van der Waals surface area contributed by atoms with Crippen molar-refractivity contribution in [2.45, 2.75) is 24.8 Å². The monoisotopic (exact) mass is 298 g/mol. The molecule has 2 aromatic rings. The number of aromatic nitrogens is 2. The molecule has 0 bridgehead atoms. The van der Waals surface area contributed by atoms with Crippen LogP contribution < -0.4 is 5.32 Å². The van der Waals surface area contributed by atoms with Crippen molar-refractivity contribution in [3.8, 4) is 0 Å². The van der Waals surface area contributed by atoms with Gasteiger partial charge in [0, 0.05) is 24.4 Å². The second-order valence-electron chi connectivity index (χ2n) is 6.13. The van der Waals surface area contributed by atoms with Crippen molar-refractivity contribution in [3.63, 3.8) is 0 Å². The third-order valence-electron chi connectivity index (χ3n) is 4.25. The van der Waals surface area contributed by atoms with Gasteiger partial charge in [-0.1, -0.05) is 30.3 Å². The van der Waals surface area contributed by atoms with Gasteiger partial charge in [-0.2, -0.15) is 0 Å². The Morgan fingerprint density at radius 1 is 1.36 bits per heavy atom. The van der Waals surface area contributed by atoms with Gasteiger partial charge in [0.15, 0.2) is 0 Å². The molecule has 1 aliphatic carbocycles. The van der Waals surface area contributed by atoms with E-state index in [9.17, 15) is 4.79 Å². The zero-order valence-electron chi connectivity index (χ0n) is 12.9. The van der Waals surface area contributed by atoms with Crippen molar-refractivity contribution < 1.29 is 4.79 Å². The summed E-state index contributed by atoms with van der Waals surface area (Å²) in [5.41, 5.74) is 1.50. The lowest BCUT2D eigenvalue weighted by Gasteiger charge is -2.19. The standard InChI is InChI=1S/C17H22N4O/c1-21(11-15-18-9-10-19-15)12-16(22)20-13-17(7-8-17)14-5-3-2-4-6-14/h2-6,9-10H,7-8,11-13H2,1H3,(H,18,19)(H,20,22). The molecule has 1 amide bonds. The lowest BCUT2D eigenvalue weighted by molar-refractivity contribution is -0.122. The number of carbonyl (C=O) groups excluding carboxylic acids is 1. The molecule has 3 rings (SSSR count).